The van der Waals surface area contributed by atoms with E-state index in [4.69, 9.17) is 4.98 Å². The lowest BCUT2D eigenvalue weighted by Crippen LogP contribution is -2.29. The lowest BCUT2D eigenvalue weighted by atomic mass is 10.1. The van der Waals surface area contributed by atoms with Gasteiger partial charge in [0, 0.05) is 29.9 Å². The zero-order valence-corrected chi connectivity index (χ0v) is 19.8. The van der Waals surface area contributed by atoms with Gasteiger partial charge in [-0.1, -0.05) is 6.07 Å². The SMILES string of the molecule is CC(C)(C)Nc1nc(Nc2cc(-c3ccc4[nH]ncc4c3)ccn2)cc2ccn(CCO)c(=O)c12. The largest absolute Gasteiger partial charge is 0.395 e. The summed E-state index contributed by atoms with van der Waals surface area (Å²) in [4.78, 5) is 22.3. The number of anilines is 3. The van der Waals surface area contributed by atoms with Crippen LogP contribution in [0.25, 0.3) is 32.8 Å². The fraction of sp³-hybridized carbons (Fsp3) is 0.231. The number of rotatable bonds is 6. The van der Waals surface area contributed by atoms with E-state index in [0.29, 0.717) is 22.8 Å². The Morgan fingerprint density at radius 3 is 2.66 bits per heavy atom. The van der Waals surface area contributed by atoms with E-state index in [9.17, 15) is 9.90 Å². The number of benzene rings is 1. The molecule has 0 amide bonds. The van der Waals surface area contributed by atoms with Gasteiger partial charge in [-0.25, -0.2) is 9.97 Å². The minimum absolute atomic E-state index is 0.115. The predicted molar refractivity (Wildman–Crippen MR) is 139 cm³/mol. The molecule has 0 aliphatic carbocycles. The van der Waals surface area contributed by atoms with E-state index in [0.717, 1.165) is 27.4 Å². The molecule has 0 fully saturated rings. The van der Waals surface area contributed by atoms with Crippen LogP contribution >= 0.6 is 0 Å². The molecule has 0 saturated heterocycles. The fourth-order valence-corrected chi connectivity index (χ4v) is 4.03. The van der Waals surface area contributed by atoms with Crippen molar-refractivity contribution in [3.63, 3.8) is 0 Å². The number of aliphatic hydroxyl groups excluding tert-OH is 1. The van der Waals surface area contributed by atoms with Crippen LogP contribution in [-0.2, 0) is 6.54 Å². The molecule has 9 heteroatoms. The third-order valence-electron chi connectivity index (χ3n) is 5.58. The number of nitrogens with zero attached hydrogens (tertiary/aromatic N) is 4. The molecule has 0 unspecified atom stereocenters. The molecule has 35 heavy (non-hydrogen) atoms. The van der Waals surface area contributed by atoms with E-state index in [1.165, 1.54) is 4.57 Å². The van der Waals surface area contributed by atoms with Crippen LogP contribution in [0.4, 0.5) is 17.5 Å². The quantitative estimate of drug-likeness (QED) is 0.293. The van der Waals surface area contributed by atoms with Gasteiger partial charge >= 0.3 is 0 Å². The zero-order valence-electron chi connectivity index (χ0n) is 19.8. The number of hydrogen-bond acceptors (Lipinski definition) is 7. The van der Waals surface area contributed by atoms with Crippen molar-refractivity contribution in [2.24, 2.45) is 0 Å². The van der Waals surface area contributed by atoms with Crippen LogP contribution in [0.2, 0.25) is 0 Å². The number of aromatic amines is 1. The van der Waals surface area contributed by atoms with Crippen molar-refractivity contribution in [3.8, 4) is 11.1 Å². The van der Waals surface area contributed by atoms with Gasteiger partial charge in [-0.3, -0.25) is 9.89 Å². The molecule has 0 bridgehead atoms. The number of pyridine rings is 3. The van der Waals surface area contributed by atoms with Gasteiger partial charge in [-0.05, 0) is 73.7 Å². The van der Waals surface area contributed by atoms with Crippen LogP contribution in [0.5, 0.6) is 0 Å². The Labute approximate surface area is 201 Å². The number of aromatic nitrogens is 5. The molecule has 4 heterocycles. The summed E-state index contributed by atoms with van der Waals surface area (Å²) in [6.07, 6.45) is 5.24. The molecular formula is C26H27N7O2. The first-order valence-corrected chi connectivity index (χ1v) is 11.4. The number of hydrogen-bond donors (Lipinski definition) is 4. The fourth-order valence-electron chi connectivity index (χ4n) is 4.03. The summed E-state index contributed by atoms with van der Waals surface area (Å²) in [6, 6.07) is 13.7. The standard InChI is InChI=1S/C26H27N7O2/c1-26(2,3)31-24-23-18(7-9-33(10-11-34)25(23)35)14-22(30-24)29-21-13-17(6-8-27-21)16-4-5-20-19(12-16)15-28-32-20/h4-9,12-15,34H,10-11H2,1-3H3,(H,28,32)(H2,27,29,30,31). The van der Waals surface area contributed by atoms with E-state index >= 15 is 0 Å². The van der Waals surface area contributed by atoms with Crippen molar-refractivity contribution in [2.75, 3.05) is 17.2 Å². The Kier molecular flexibility index (Phi) is 5.70. The Balaban J connectivity index is 1.54. The highest BCUT2D eigenvalue weighted by Crippen LogP contribution is 2.28. The summed E-state index contributed by atoms with van der Waals surface area (Å²) in [6.45, 7) is 6.15. The average Bonchev–Trinajstić information content (AvgIpc) is 3.28. The van der Waals surface area contributed by atoms with Gasteiger partial charge in [0.25, 0.3) is 5.56 Å². The van der Waals surface area contributed by atoms with Crippen LogP contribution in [0.15, 0.2) is 65.8 Å². The van der Waals surface area contributed by atoms with E-state index in [2.05, 4.69) is 31.9 Å². The highest BCUT2D eigenvalue weighted by molar-refractivity contribution is 5.93. The summed E-state index contributed by atoms with van der Waals surface area (Å²) in [5.41, 5.74) is 2.53. The van der Waals surface area contributed by atoms with Crippen LogP contribution in [-0.4, -0.2) is 42.0 Å². The van der Waals surface area contributed by atoms with Crippen LogP contribution in [0, 0.1) is 0 Å². The Morgan fingerprint density at radius 2 is 1.86 bits per heavy atom. The van der Waals surface area contributed by atoms with Crippen molar-refractivity contribution in [1.29, 1.82) is 0 Å². The first-order chi connectivity index (χ1) is 16.8. The second-order valence-electron chi connectivity index (χ2n) is 9.46. The van der Waals surface area contributed by atoms with Crippen molar-refractivity contribution in [3.05, 3.63) is 71.4 Å². The minimum Gasteiger partial charge on any atom is -0.395 e. The molecule has 4 aromatic heterocycles. The van der Waals surface area contributed by atoms with Crippen molar-refractivity contribution < 1.29 is 5.11 Å². The van der Waals surface area contributed by atoms with Gasteiger partial charge in [-0.2, -0.15) is 5.10 Å². The first kappa shape index (κ1) is 22.5. The summed E-state index contributed by atoms with van der Waals surface area (Å²) >= 11 is 0. The van der Waals surface area contributed by atoms with Crippen molar-refractivity contribution in [1.82, 2.24) is 24.7 Å². The van der Waals surface area contributed by atoms with Crippen molar-refractivity contribution >= 4 is 39.1 Å². The molecule has 4 N–H and O–H groups in total. The predicted octanol–water partition coefficient (Wildman–Crippen LogP) is 4.28. The molecule has 0 saturated carbocycles. The van der Waals surface area contributed by atoms with Crippen molar-refractivity contribution in [2.45, 2.75) is 32.9 Å². The molecule has 1 aromatic carbocycles. The summed E-state index contributed by atoms with van der Waals surface area (Å²) < 4.78 is 1.49. The maximum atomic E-state index is 13.1. The van der Waals surface area contributed by atoms with E-state index in [1.807, 2.05) is 57.2 Å². The second-order valence-corrected chi connectivity index (χ2v) is 9.46. The molecule has 5 aromatic rings. The smallest absolute Gasteiger partial charge is 0.262 e. The van der Waals surface area contributed by atoms with Crippen LogP contribution in [0.1, 0.15) is 20.8 Å². The second kappa shape index (κ2) is 8.84. The van der Waals surface area contributed by atoms with E-state index in [-0.39, 0.29) is 24.2 Å². The third-order valence-corrected chi connectivity index (χ3v) is 5.58. The van der Waals surface area contributed by atoms with Crippen LogP contribution in [0.3, 0.4) is 0 Å². The number of fused-ring (bicyclic) bond motifs is 2. The molecule has 9 nitrogen and oxygen atoms in total. The molecule has 178 valence electrons. The summed E-state index contributed by atoms with van der Waals surface area (Å²) in [7, 11) is 0. The monoisotopic (exact) mass is 469 g/mol. The maximum absolute atomic E-state index is 13.1. The highest BCUT2D eigenvalue weighted by Gasteiger charge is 2.17. The molecule has 0 radical (unpaired) electrons. The number of H-pyrrole nitrogens is 1. The lowest BCUT2D eigenvalue weighted by Gasteiger charge is -2.23. The van der Waals surface area contributed by atoms with E-state index in [1.54, 1.807) is 18.6 Å². The molecule has 0 spiro atoms. The van der Waals surface area contributed by atoms with Gasteiger partial charge in [0.15, 0.2) is 0 Å². The molecule has 5 rings (SSSR count). The van der Waals surface area contributed by atoms with Gasteiger partial charge in [0.1, 0.15) is 17.5 Å². The Bertz CT molecular complexity index is 1580. The summed E-state index contributed by atoms with van der Waals surface area (Å²) in [5.74, 6) is 1.69. The summed E-state index contributed by atoms with van der Waals surface area (Å²) in [5, 5.41) is 25.3. The highest BCUT2D eigenvalue weighted by atomic mass is 16.3. The topological polar surface area (TPSA) is 121 Å². The van der Waals surface area contributed by atoms with Gasteiger partial charge in [0.05, 0.1) is 23.7 Å². The third kappa shape index (κ3) is 4.71. The van der Waals surface area contributed by atoms with E-state index < -0.39 is 0 Å². The number of aliphatic hydroxyl groups is 1. The molecule has 0 aliphatic heterocycles. The molecule has 0 atom stereocenters. The zero-order chi connectivity index (χ0) is 24.6. The number of nitrogens with one attached hydrogen (secondary N) is 3. The Morgan fingerprint density at radius 1 is 1.03 bits per heavy atom. The van der Waals surface area contributed by atoms with Gasteiger partial charge in [0.2, 0.25) is 0 Å². The molecular weight excluding hydrogens is 442 g/mol. The average molecular weight is 470 g/mol. The maximum Gasteiger partial charge on any atom is 0.262 e. The van der Waals surface area contributed by atoms with Gasteiger partial charge in [-0.15, -0.1) is 0 Å². The van der Waals surface area contributed by atoms with Gasteiger partial charge < -0.3 is 20.3 Å². The first-order valence-electron chi connectivity index (χ1n) is 11.4. The molecule has 0 aliphatic rings. The normalized spacial score (nSPS) is 11.8. The minimum atomic E-state index is -0.313. The Hall–Kier alpha value is -4.24. The lowest BCUT2D eigenvalue weighted by molar-refractivity contribution is 0.274. The van der Waals surface area contributed by atoms with Crippen LogP contribution < -0.4 is 16.2 Å².